The van der Waals surface area contributed by atoms with Gasteiger partial charge in [0.2, 0.25) is 0 Å². The molecule has 2 aromatic heterocycles. The van der Waals surface area contributed by atoms with Gasteiger partial charge < -0.3 is 15.2 Å². The van der Waals surface area contributed by atoms with E-state index in [1.807, 2.05) is 36.4 Å². The van der Waals surface area contributed by atoms with Crippen molar-refractivity contribution in [2.24, 2.45) is 5.73 Å². The first-order valence-corrected chi connectivity index (χ1v) is 11.2. The van der Waals surface area contributed by atoms with Gasteiger partial charge in [-0.15, -0.1) is 5.10 Å². The lowest BCUT2D eigenvalue weighted by molar-refractivity contribution is 0.101. The highest BCUT2D eigenvalue weighted by Crippen LogP contribution is 2.35. The van der Waals surface area contributed by atoms with Crippen LogP contribution in [0.2, 0.25) is 0 Å². The van der Waals surface area contributed by atoms with Crippen molar-refractivity contribution in [1.29, 1.82) is 0 Å². The predicted molar refractivity (Wildman–Crippen MR) is 126 cm³/mol. The van der Waals surface area contributed by atoms with E-state index in [0.717, 1.165) is 29.7 Å². The van der Waals surface area contributed by atoms with E-state index in [-0.39, 0.29) is 23.4 Å². The van der Waals surface area contributed by atoms with E-state index in [9.17, 15) is 4.39 Å². The third-order valence-corrected chi connectivity index (χ3v) is 6.26. The molecule has 0 saturated heterocycles. The summed E-state index contributed by atoms with van der Waals surface area (Å²) in [6, 6.07) is 18.9. The zero-order valence-electron chi connectivity index (χ0n) is 19.1. The van der Waals surface area contributed by atoms with Gasteiger partial charge in [0, 0.05) is 11.5 Å². The van der Waals surface area contributed by atoms with Crippen LogP contribution in [0.15, 0.2) is 73.1 Å². The van der Waals surface area contributed by atoms with Gasteiger partial charge >= 0.3 is 0 Å². The van der Waals surface area contributed by atoms with Crippen LogP contribution in [0.5, 0.6) is 17.4 Å². The molecule has 1 saturated carbocycles. The molecule has 0 spiro atoms. The summed E-state index contributed by atoms with van der Waals surface area (Å²) in [4.78, 5) is 4.22. The maximum atomic E-state index is 14.3. The van der Waals surface area contributed by atoms with Crippen molar-refractivity contribution < 1.29 is 13.9 Å². The lowest BCUT2D eigenvalue weighted by atomic mass is 9.78. The Kier molecular flexibility index (Phi) is 5.75. The fraction of sp³-hybridized carbons (Fsp3) is 0.269. The Morgan fingerprint density at radius 2 is 1.59 bits per heavy atom. The topological polar surface area (TPSA) is 88.1 Å². The Morgan fingerprint density at radius 3 is 2.18 bits per heavy atom. The van der Waals surface area contributed by atoms with Crippen LogP contribution in [0.4, 0.5) is 4.39 Å². The van der Waals surface area contributed by atoms with E-state index in [1.165, 1.54) is 23.0 Å². The number of hydrogen-bond acceptors (Lipinski definition) is 6. The third kappa shape index (κ3) is 4.49. The second kappa shape index (κ2) is 8.87. The number of benzene rings is 2. The number of hydrogen-bond donors (Lipinski definition) is 1. The monoisotopic (exact) mass is 459 g/mol. The predicted octanol–water partition coefficient (Wildman–Crippen LogP) is 4.79. The minimum Gasteiger partial charge on any atom is -0.490 e. The van der Waals surface area contributed by atoms with E-state index in [4.69, 9.17) is 15.2 Å². The van der Waals surface area contributed by atoms with Gasteiger partial charge in [0.15, 0.2) is 11.6 Å². The molecule has 4 aromatic rings. The maximum Gasteiger partial charge on any atom is 0.257 e. The highest BCUT2D eigenvalue weighted by Gasteiger charge is 2.28. The number of nitrogens with zero attached hydrogens (tertiary/aromatic N) is 4. The summed E-state index contributed by atoms with van der Waals surface area (Å²) in [5, 5.41) is 7.62. The molecule has 5 rings (SSSR count). The summed E-state index contributed by atoms with van der Waals surface area (Å²) in [7, 11) is 0. The lowest BCUT2D eigenvalue weighted by Gasteiger charge is -2.33. The molecule has 1 aliphatic carbocycles. The molecule has 2 heterocycles. The zero-order valence-corrected chi connectivity index (χ0v) is 19.1. The highest BCUT2D eigenvalue weighted by atomic mass is 19.1. The summed E-state index contributed by atoms with van der Waals surface area (Å²) in [6.45, 7) is 4.32. The van der Waals surface area contributed by atoms with Gasteiger partial charge in [-0.3, -0.25) is 0 Å². The first-order chi connectivity index (χ1) is 16.4. The molecule has 1 aliphatic rings. The van der Waals surface area contributed by atoms with Crippen LogP contribution < -0.4 is 15.2 Å². The Morgan fingerprint density at radius 1 is 0.941 bits per heavy atom. The summed E-state index contributed by atoms with van der Waals surface area (Å²) < 4.78 is 27.4. The highest BCUT2D eigenvalue weighted by molar-refractivity contribution is 5.42. The number of rotatable bonds is 7. The largest absolute Gasteiger partial charge is 0.490 e. The molecule has 0 atom stereocenters. The SMILES string of the molecule is CC(C)(c1ccc(Oc2nc(-n3ccnn3)ccc2F)cc1)c1ccc(O[C@H]2C[C@H](N)C2)cc1. The molecule has 2 N–H and O–H groups in total. The van der Waals surface area contributed by atoms with Crippen LogP contribution in [0.25, 0.3) is 5.82 Å². The van der Waals surface area contributed by atoms with E-state index >= 15 is 0 Å². The van der Waals surface area contributed by atoms with Crippen molar-refractivity contribution in [3.63, 3.8) is 0 Å². The van der Waals surface area contributed by atoms with Gasteiger partial charge in [0.05, 0.1) is 12.4 Å². The van der Waals surface area contributed by atoms with Crippen molar-refractivity contribution in [1.82, 2.24) is 20.0 Å². The summed E-state index contributed by atoms with van der Waals surface area (Å²) in [5.41, 5.74) is 7.86. The van der Waals surface area contributed by atoms with Crippen LogP contribution >= 0.6 is 0 Å². The molecule has 0 unspecified atom stereocenters. The van der Waals surface area contributed by atoms with Gasteiger partial charge in [-0.05, 0) is 60.4 Å². The van der Waals surface area contributed by atoms with Crippen molar-refractivity contribution in [2.75, 3.05) is 0 Å². The van der Waals surface area contributed by atoms with Gasteiger partial charge in [-0.25, -0.2) is 9.07 Å². The minimum absolute atomic E-state index is 0.122. The van der Waals surface area contributed by atoms with Crippen LogP contribution in [0.1, 0.15) is 37.8 Å². The van der Waals surface area contributed by atoms with E-state index in [1.54, 1.807) is 6.20 Å². The molecule has 7 nitrogen and oxygen atoms in total. The third-order valence-electron chi connectivity index (χ3n) is 6.26. The molecular formula is C26H26FN5O2. The number of nitrogens with two attached hydrogens (primary N) is 1. The Hall–Kier alpha value is -3.78. The van der Waals surface area contributed by atoms with E-state index < -0.39 is 5.82 Å². The standard InChI is InChI=1S/C26H26FN5O2/c1-26(2,17-3-7-20(8-4-17)33-22-15-19(28)16-22)18-5-9-21(10-6-18)34-25-23(27)11-12-24(30-25)32-14-13-29-31-32/h3-14,19,22H,15-16,28H2,1-2H3/t19-,22-. The van der Waals surface area contributed by atoms with Crippen LogP contribution in [-0.4, -0.2) is 32.1 Å². The van der Waals surface area contributed by atoms with Gasteiger partial charge in [-0.1, -0.05) is 43.3 Å². The number of ether oxygens (including phenoxy) is 2. The average molecular weight is 460 g/mol. The van der Waals surface area contributed by atoms with Gasteiger partial charge in [0.1, 0.15) is 17.6 Å². The lowest BCUT2D eigenvalue weighted by Crippen LogP contribution is -2.43. The summed E-state index contributed by atoms with van der Waals surface area (Å²) >= 11 is 0. The molecular weight excluding hydrogens is 433 g/mol. The minimum atomic E-state index is -0.556. The average Bonchev–Trinajstić information content (AvgIpc) is 3.35. The van der Waals surface area contributed by atoms with Crippen molar-refractivity contribution >= 4 is 0 Å². The van der Waals surface area contributed by atoms with Crippen molar-refractivity contribution in [3.05, 3.63) is 90.0 Å². The van der Waals surface area contributed by atoms with Crippen molar-refractivity contribution in [2.45, 2.75) is 44.2 Å². The van der Waals surface area contributed by atoms with E-state index in [0.29, 0.717) is 11.6 Å². The Balaban J connectivity index is 1.29. The molecule has 1 fully saturated rings. The first-order valence-electron chi connectivity index (χ1n) is 11.2. The second-order valence-corrected chi connectivity index (χ2v) is 9.05. The number of pyridine rings is 1. The van der Waals surface area contributed by atoms with E-state index in [2.05, 4.69) is 41.3 Å². The van der Waals surface area contributed by atoms with Crippen LogP contribution in [0, 0.1) is 5.82 Å². The van der Waals surface area contributed by atoms with Gasteiger partial charge in [0.25, 0.3) is 5.88 Å². The molecule has 0 radical (unpaired) electrons. The molecule has 174 valence electrons. The molecule has 0 amide bonds. The molecule has 8 heteroatoms. The molecule has 0 bridgehead atoms. The Bertz CT molecular complexity index is 1250. The summed E-state index contributed by atoms with van der Waals surface area (Å²) in [6.07, 6.45) is 5.19. The first kappa shape index (κ1) is 22.0. The fourth-order valence-corrected chi connectivity index (χ4v) is 4.01. The second-order valence-electron chi connectivity index (χ2n) is 9.05. The normalized spacial score (nSPS) is 17.8. The molecule has 2 aromatic carbocycles. The van der Waals surface area contributed by atoms with Crippen molar-refractivity contribution in [3.8, 4) is 23.2 Å². The zero-order chi connectivity index (χ0) is 23.7. The number of halogens is 1. The quantitative estimate of drug-likeness (QED) is 0.428. The fourth-order valence-electron chi connectivity index (χ4n) is 4.01. The molecule has 34 heavy (non-hydrogen) atoms. The Labute approximate surface area is 197 Å². The number of aromatic nitrogens is 4. The summed E-state index contributed by atoms with van der Waals surface area (Å²) in [5.74, 6) is 1.09. The molecule has 0 aliphatic heterocycles. The van der Waals surface area contributed by atoms with Crippen LogP contribution in [0.3, 0.4) is 0 Å². The van der Waals surface area contributed by atoms with Crippen LogP contribution in [-0.2, 0) is 5.41 Å². The van der Waals surface area contributed by atoms with Gasteiger partial charge in [-0.2, -0.15) is 4.98 Å². The maximum absolute atomic E-state index is 14.3. The smallest absolute Gasteiger partial charge is 0.257 e.